The fourth-order valence-corrected chi connectivity index (χ4v) is 5.10. The summed E-state index contributed by atoms with van der Waals surface area (Å²) in [7, 11) is -4.12. The molecule has 2 aromatic carbocycles. The van der Waals surface area contributed by atoms with Crippen LogP contribution in [0.2, 0.25) is 0 Å². The molecule has 0 bridgehead atoms. The van der Waals surface area contributed by atoms with Gasteiger partial charge in [0.2, 0.25) is 9.84 Å². The Morgan fingerprint density at radius 3 is 2.02 bits per heavy atom. The van der Waals surface area contributed by atoms with Crippen LogP contribution in [-0.4, -0.2) is 36.5 Å². The van der Waals surface area contributed by atoms with Crippen LogP contribution in [0.1, 0.15) is 22.6 Å². The SMILES string of the molecule is O=[N+]([O-])c1ccc(S(=O)(=O)c2ccc(C(Cc3ccncc3)c3ccc(OC(F)F)c(OC(F)F)c3)cn2)cc1. The summed E-state index contributed by atoms with van der Waals surface area (Å²) in [5.41, 5.74) is 1.36. The van der Waals surface area contributed by atoms with Crippen LogP contribution < -0.4 is 9.47 Å². The Balaban J connectivity index is 1.72. The number of benzene rings is 2. The molecule has 40 heavy (non-hydrogen) atoms. The van der Waals surface area contributed by atoms with Gasteiger partial charge in [-0.3, -0.25) is 15.1 Å². The van der Waals surface area contributed by atoms with Gasteiger partial charge in [-0.15, -0.1) is 0 Å². The predicted octanol–water partition coefficient (Wildman–Crippen LogP) is 5.80. The Bertz CT molecular complexity index is 1570. The molecular weight excluding hydrogens is 558 g/mol. The number of rotatable bonds is 11. The largest absolute Gasteiger partial charge is 0.431 e. The van der Waals surface area contributed by atoms with Gasteiger partial charge in [0.15, 0.2) is 16.5 Å². The number of hydrogen-bond acceptors (Lipinski definition) is 8. The number of sulfone groups is 1. The molecule has 0 saturated heterocycles. The number of pyridine rings is 2. The maximum absolute atomic E-state index is 13.0. The third kappa shape index (κ3) is 6.69. The molecule has 1 unspecified atom stereocenters. The highest BCUT2D eigenvalue weighted by atomic mass is 32.2. The average Bonchev–Trinajstić information content (AvgIpc) is 2.93. The van der Waals surface area contributed by atoms with Crippen LogP contribution in [0, 0.1) is 10.1 Å². The van der Waals surface area contributed by atoms with E-state index in [9.17, 15) is 36.1 Å². The topological polar surface area (TPSA) is 122 Å². The van der Waals surface area contributed by atoms with Crippen molar-refractivity contribution in [2.75, 3.05) is 0 Å². The summed E-state index contributed by atoms with van der Waals surface area (Å²) in [6.45, 7) is -6.58. The third-order valence-corrected chi connectivity index (χ3v) is 7.47. The lowest BCUT2D eigenvalue weighted by Gasteiger charge is -2.20. The normalized spacial score (nSPS) is 12.3. The molecule has 0 aliphatic heterocycles. The van der Waals surface area contributed by atoms with Crippen molar-refractivity contribution in [2.24, 2.45) is 0 Å². The quantitative estimate of drug-likeness (QED) is 0.125. The molecule has 9 nitrogen and oxygen atoms in total. The van der Waals surface area contributed by atoms with E-state index in [0.717, 1.165) is 42.0 Å². The summed E-state index contributed by atoms with van der Waals surface area (Å²) in [5.74, 6) is -1.78. The highest BCUT2D eigenvalue weighted by Crippen LogP contribution is 2.37. The van der Waals surface area contributed by atoms with Crippen molar-refractivity contribution >= 4 is 15.5 Å². The van der Waals surface area contributed by atoms with E-state index in [2.05, 4.69) is 19.4 Å². The first-order valence-corrected chi connectivity index (χ1v) is 12.9. The minimum absolute atomic E-state index is 0.199. The molecule has 4 aromatic rings. The van der Waals surface area contributed by atoms with E-state index in [0.29, 0.717) is 11.1 Å². The van der Waals surface area contributed by atoms with Gasteiger partial charge in [0, 0.05) is 36.6 Å². The summed E-state index contributed by atoms with van der Waals surface area (Å²) in [6.07, 6.45) is 4.67. The third-order valence-electron chi connectivity index (χ3n) is 5.79. The summed E-state index contributed by atoms with van der Waals surface area (Å²) in [4.78, 5) is 18.1. The van der Waals surface area contributed by atoms with Crippen molar-refractivity contribution < 1.29 is 40.4 Å². The second-order valence-corrected chi connectivity index (χ2v) is 10.2. The molecule has 2 aromatic heterocycles. The second-order valence-electron chi connectivity index (χ2n) is 8.26. The molecule has 14 heteroatoms. The molecule has 0 radical (unpaired) electrons. The lowest BCUT2D eigenvalue weighted by Crippen LogP contribution is -2.11. The first-order valence-electron chi connectivity index (χ1n) is 11.4. The zero-order valence-corrected chi connectivity index (χ0v) is 21.0. The van der Waals surface area contributed by atoms with E-state index in [1.807, 2.05) is 0 Å². The molecular formula is C26H19F4N3O6S. The first-order chi connectivity index (χ1) is 19.0. The second kappa shape index (κ2) is 12.1. The van der Waals surface area contributed by atoms with Gasteiger partial charge in [0.25, 0.3) is 5.69 Å². The molecule has 4 rings (SSSR count). The number of nitrogens with zero attached hydrogens (tertiary/aromatic N) is 3. The summed E-state index contributed by atoms with van der Waals surface area (Å²) < 4.78 is 86.4. The molecule has 0 aliphatic carbocycles. The number of non-ortho nitro benzene ring substituents is 1. The van der Waals surface area contributed by atoms with E-state index in [-0.39, 0.29) is 22.0 Å². The maximum atomic E-state index is 13.0. The Hall–Kier alpha value is -4.59. The molecule has 0 N–H and O–H groups in total. The van der Waals surface area contributed by atoms with Gasteiger partial charge in [-0.25, -0.2) is 13.4 Å². The van der Waals surface area contributed by atoms with Gasteiger partial charge >= 0.3 is 13.2 Å². The van der Waals surface area contributed by atoms with E-state index in [1.54, 1.807) is 24.5 Å². The number of hydrogen-bond donors (Lipinski definition) is 0. The Labute approximate surface area is 225 Å². The van der Waals surface area contributed by atoms with Gasteiger partial charge in [0.05, 0.1) is 9.82 Å². The van der Waals surface area contributed by atoms with E-state index in [1.165, 1.54) is 24.4 Å². The number of alkyl halides is 4. The van der Waals surface area contributed by atoms with E-state index in [4.69, 9.17) is 0 Å². The van der Waals surface area contributed by atoms with Crippen LogP contribution in [0.4, 0.5) is 23.2 Å². The molecule has 0 amide bonds. The van der Waals surface area contributed by atoms with Gasteiger partial charge in [0.1, 0.15) is 0 Å². The van der Waals surface area contributed by atoms with Crippen LogP contribution in [0.15, 0.2) is 95.2 Å². The molecule has 0 saturated carbocycles. The molecule has 2 heterocycles. The van der Waals surface area contributed by atoms with Crippen molar-refractivity contribution in [3.05, 3.63) is 112 Å². The number of ether oxygens (including phenoxy) is 2. The number of aromatic nitrogens is 2. The van der Waals surface area contributed by atoms with Crippen LogP contribution in [0.25, 0.3) is 0 Å². The minimum atomic E-state index is -4.12. The fraction of sp³-hybridized carbons (Fsp3) is 0.154. The number of nitro groups is 1. The molecule has 208 valence electrons. The smallest absolute Gasteiger partial charge is 0.387 e. The standard InChI is InChI=1S/C26H19F4N3O6S/c27-25(28)38-22-7-1-17(14-23(22)39-26(29)30)21(13-16-9-11-31-12-10-16)18-2-8-24(32-15-18)40(36,37)20-5-3-19(4-6-20)33(34)35/h1-12,14-15,21,25-26H,13H2. The molecule has 0 fully saturated rings. The predicted molar refractivity (Wildman–Crippen MR) is 132 cm³/mol. The number of nitro benzene ring substituents is 1. The van der Waals surface area contributed by atoms with Gasteiger partial charge in [-0.2, -0.15) is 17.6 Å². The first kappa shape index (κ1) is 28.4. The Morgan fingerprint density at radius 1 is 0.825 bits per heavy atom. The highest BCUT2D eigenvalue weighted by Gasteiger charge is 2.24. The van der Waals surface area contributed by atoms with Gasteiger partial charge in [-0.05, 0) is 65.6 Å². The lowest BCUT2D eigenvalue weighted by molar-refractivity contribution is -0.384. The summed E-state index contributed by atoms with van der Waals surface area (Å²) >= 11 is 0. The van der Waals surface area contributed by atoms with Crippen molar-refractivity contribution in [3.8, 4) is 11.5 Å². The molecule has 1 atom stereocenters. The van der Waals surface area contributed by atoms with Crippen molar-refractivity contribution in [2.45, 2.75) is 35.5 Å². The maximum Gasteiger partial charge on any atom is 0.387 e. The Kier molecular flexibility index (Phi) is 8.58. The van der Waals surface area contributed by atoms with Crippen molar-refractivity contribution in [1.29, 1.82) is 0 Å². The summed E-state index contributed by atoms with van der Waals surface area (Å²) in [6, 6.07) is 14.1. The van der Waals surface area contributed by atoms with Crippen molar-refractivity contribution in [1.82, 2.24) is 9.97 Å². The Morgan fingerprint density at radius 2 is 1.45 bits per heavy atom. The lowest BCUT2D eigenvalue weighted by atomic mass is 9.87. The monoisotopic (exact) mass is 577 g/mol. The van der Waals surface area contributed by atoms with Crippen LogP contribution in [0.5, 0.6) is 11.5 Å². The molecule has 0 aliphatic rings. The van der Waals surface area contributed by atoms with Crippen molar-refractivity contribution in [3.63, 3.8) is 0 Å². The van der Waals surface area contributed by atoms with E-state index < -0.39 is 45.4 Å². The highest BCUT2D eigenvalue weighted by molar-refractivity contribution is 7.91. The van der Waals surface area contributed by atoms with Gasteiger partial charge < -0.3 is 9.47 Å². The minimum Gasteiger partial charge on any atom is -0.431 e. The molecule has 0 spiro atoms. The van der Waals surface area contributed by atoms with Crippen LogP contribution in [0.3, 0.4) is 0 Å². The fourth-order valence-electron chi connectivity index (χ4n) is 3.93. The summed E-state index contributed by atoms with van der Waals surface area (Å²) in [5, 5.41) is 10.6. The zero-order chi connectivity index (χ0) is 28.9. The average molecular weight is 578 g/mol. The van der Waals surface area contributed by atoms with Crippen LogP contribution in [-0.2, 0) is 16.3 Å². The van der Waals surface area contributed by atoms with E-state index >= 15 is 0 Å². The van der Waals surface area contributed by atoms with Gasteiger partial charge in [-0.1, -0.05) is 12.1 Å². The van der Waals surface area contributed by atoms with Crippen LogP contribution >= 0.6 is 0 Å². The number of halogens is 4. The zero-order valence-electron chi connectivity index (χ0n) is 20.2.